The highest BCUT2D eigenvalue weighted by Crippen LogP contribution is 2.64. The van der Waals surface area contributed by atoms with Crippen molar-refractivity contribution in [3.05, 3.63) is 136 Å². The minimum atomic E-state index is -1.36. The van der Waals surface area contributed by atoms with E-state index >= 15 is 4.79 Å². The van der Waals surface area contributed by atoms with Crippen LogP contribution in [0.4, 0.5) is 11.4 Å². The molecule has 6 unspecified atom stereocenters. The maximum absolute atomic E-state index is 15.3. The first-order valence-corrected chi connectivity index (χ1v) is 17.2. The van der Waals surface area contributed by atoms with Gasteiger partial charge in [-0.2, -0.15) is 0 Å². The minimum Gasteiger partial charge on any atom is -0.508 e. The molecule has 8 rings (SSSR count). The number of imide groups is 2. The summed E-state index contributed by atoms with van der Waals surface area (Å²) in [6.07, 6.45) is 3.45. The lowest BCUT2D eigenvalue weighted by molar-refractivity contribution is -0.127. The number of aryl methyl sites for hydroxylation is 2. The molecule has 0 radical (unpaired) electrons. The molecule has 246 valence electrons. The Morgan fingerprint density at radius 2 is 1.55 bits per heavy atom. The zero-order valence-electron chi connectivity index (χ0n) is 27.2. The Labute approximate surface area is 289 Å². The topological polar surface area (TPSA) is 95.0 Å². The zero-order chi connectivity index (χ0) is 34.2. The number of carbonyl (C=O) groups is 4. The van der Waals surface area contributed by atoms with E-state index in [1.807, 2.05) is 72.8 Å². The number of carbonyl (C=O) groups excluding carboxylic acids is 4. The number of hydrogen-bond acceptors (Lipinski definition) is 5. The van der Waals surface area contributed by atoms with E-state index < -0.39 is 35.0 Å². The summed E-state index contributed by atoms with van der Waals surface area (Å²) in [5, 5.41) is 11.0. The van der Waals surface area contributed by atoms with Gasteiger partial charge in [-0.15, -0.1) is 0 Å². The van der Waals surface area contributed by atoms with Gasteiger partial charge >= 0.3 is 0 Å². The first-order chi connectivity index (χ1) is 23.7. The molecule has 4 aromatic carbocycles. The SMILES string of the molecule is CCc1ccc(N2C(=O)C3CC=C4C(CC5C(=O)N(c6cccc(Cl)c6)C(=O)C5(c5ccccc5)C4c4ccc(O)c(C)c4)C3C2=O)cc1. The third-order valence-electron chi connectivity index (χ3n) is 11.3. The lowest BCUT2D eigenvalue weighted by atomic mass is 9.49. The van der Waals surface area contributed by atoms with Gasteiger partial charge in [0.15, 0.2) is 0 Å². The minimum absolute atomic E-state index is 0.120. The molecule has 0 bridgehead atoms. The second-order valence-electron chi connectivity index (χ2n) is 13.7. The normalized spacial score (nSPS) is 27.6. The van der Waals surface area contributed by atoms with Crippen LogP contribution in [0.1, 0.15) is 47.9 Å². The summed E-state index contributed by atoms with van der Waals surface area (Å²) in [7, 11) is 0. The van der Waals surface area contributed by atoms with E-state index in [4.69, 9.17) is 11.6 Å². The molecular formula is C41H35ClN2O5. The Morgan fingerprint density at radius 1 is 0.796 bits per heavy atom. The quantitative estimate of drug-likeness (QED) is 0.178. The van der Waals surface area contributed by atoms with E-state index in [9.17, 15) is 19.5 Å². The molecule has 2 saturated heterocycles. The van der Waals surface area contributed by atoms with E-state index in [0.29, 0.717) is 33.9 Å². The number of halogens is 1. The molecule has 6 atom stereocenters. The van der Waals surface area contributed by atoms with Crippen molar-refractivity contribution in [2.75, 3.05) is 9.80 Å². The number of benzene rings is 4. The smallest absolute Gasteiger partial charge is 0.246 e. The third kappa shape index (κ3) is 4.48. The van der Waals surface area contributed by atoms with Gasteiger partial charge in [0, 0.05) is 10.9 Å². The number of fused-ring (bicyclic) bond motifs is 4. The molecule has 8 heteroatoms. The van der Waals surface area contributed by atoms with Crippen molar-refractivity contribution in [3.8, 4) is 5.75 Å². The predicted octanol–water partition coefficient (Wildman–Crippen LogP) is 7.28. The largest absolute Gasteiger partial charge is 0.508 e. The number of nitrogens with zero attached hydrogens (tertiary/aromatic N) is 2. The van der Waals surface area contributed by atoms with Gasteiger partial charge in [-0.25, -0.2) is 4.90 Å². The standard InChI is InChI=1S/C41H35ClN2O5/c1-3-24-12-15-28(16-13-24)43-37(46)31-18-17-30-32(35(31)39(43)48)22-33-38(47)44(29-11-7-10-27(42)21-29)40(49)41(33,26-8-5-4-6-9-26)36(30)25-14-19-34(45)23(2)20-25/h4-17,19-21,31-33,35-36,45H,3,18,22H2,1-2H3. The molecule has 1 saturated carbocycles. The van der Waals surface area contributed by atoms with Crippen LogP contribution in [-0.4, -0.2) is 28.7 Å². The van der Waals surface area contributed by atoms with Crippen LogP contribution >= 0.6 is 11.6 Å². The number of aromatic hydroxyl groups is 1. The number of allylic oxidation sites excluding steroid dienone is 2. The van der Waals surface area contributed by atoms with Crippen molar-refractivity contribution >= 4 is 46.6 Å². The average Bonchev–Trinajstić information content (AvgIpc) is 3.50. The fourth-order valence-corrected chi connectivity index (χ4v) is 9.30. The van der Waals surface area contributed by atoms with Crippen LogP contribution in [0.25, 0.3) is 0 Å². The lowest BCUT2D eigenvalue weighted by Gasteiger charge is -2.50. The molecule has 0 spiro atoms. The summed E-state index contributed by atoms with van der Waals surface area (Å²) in [6.45, 7) is 3.86. The molecule has 1 N–H and O–H groups in total. The molecule has 2 aliphatic heterocycles. The molecule has 7 nitrogen and oxygen atoms in total. The molecule has 49 heavy (non-hydrogen) atoms. The van der Waals surface area contributed by atoms with Crippen LogP contribution < -0.4 is 9.80 Å². The maximum Gasteiger partial charge on any atom is 0.246 e. The van der Waals surface area contributed by atoms with E-state index in [1.54, 1.807) is 37.3 Å². The molecular weight excluding hydrogens is 636 g/mol. The van der Waals surface area contributed by atoms with E-state index in [1.165, 1.54) is 9.80 Å². The fourth-order valence-electron chi connectivity index (χ4n) is 9.11. The van der Waals surface area contributed by atoms with Crippen molar-refractivity contribution in [1.82, 2.24) is 0 Å². The Morgan fingerprint density at radius 3 is 2.24 bits per heavy atom. The number of phenolic OH excluding ortho intramolecular Hbond substituents is 1. The lowest BCUT2D eigenvalue weighted by Crippen LogP contribution is -2.53. The van der Waals surface area contributed by atoms with Gasteiger partial charge in [-0.05, 0) is 90.8 Å². The Balaban J connectivity index is 1.34. The molecule has 3 fully saturated rings. The molecule has 2 aliphatic carbocycles. The summed E-state index contributed by atoms with van der Waals surface area (Å²) in [5.41, 5.74) is 3.65. The maximum atomic E-state index is 15.3. The van der Waals surface area contributed by atoms with Crippen molar-refractivity contribution < 1.29 is 24.3 Å². The monoisotopic (exact) mass is 670 g/mol. The molecule has 0 aromatic heterocycles. The van der Waals surface area contributed by atoms with Gasteiger partial charge in [0.1, 0.15) is 5.75 Å². The van der Waals surface area contributed by atoms with Crippen molar-refractivity contribution in [3.63, 3.8) is 0 Å². The second-order valence-corrected chi connectivity index (χ2v) is 14.1. The zero-order valence-corrected chi connectivity index (χ0v) is 27.9. The third-order valence-corrected chi connectivity index (χ3v) is 11.6. The van der Waals surface area contributed by atoms with Gasteiger partial charge < -0.3 is 5.11 Å². The Kier molecular flexibility index (Phi) is 7.37. The fraction of sp³-hybridized carbons (Fsp3) is 0.268. The Hall–Kier alpha value is -5.01. The summed E-state index contributed by atoms with van der Waals surface area (Å²) in [4.78, 5) is 61.2. The predicted molar refractivity (Wildman–Crippen MR) is 187 cm³/mol. The summed E-state index contributed by atoms with van der Waals surface area (Å²) < 4.78 is 0. The summed E-state index contributed by atoms with van der Waals surface area (Å²) >= 11 is 6.40. The second kappa shape index (κ2) is 11.6. The number of amides is 4. The number of hydrogen-bond donors (Lipinski definition) is 1. The summed E-state index contributed by atoms with van der Waals surface area (Å²) in [6, 6.07) is 29.0. The van der Waals surface area contributed by atoms with Gasteiger partial charge in [0.05, 0.1) is 34.5 Å². The van der Waals surface area contributed by atoms with Crippen LogP contribution in [0.2, 0.25) is 5.02 Å². The van der Waals surface area contributed by atoms with Crippen LogP contribution in [0.5, 0.6) is 5.75 Å². The highest BCUT2D eigenvalue weighted by atomic mass is 35.5. The van der Waals surface area contributed by atoms with E-state index in [2.05, 4.69) is 6.92 Å². The van der Waals surface area contributed by atoms with Crippen molar-refractivity contribution in [2.24, 2.45) is 23.7 Å². The highest BCUT2D eigenvalue weighted by molar-refractivity contribution is 6.32. The van der Waals surface area contributed by atoms with Crippen LogP contribution in [0, 0.1) is 30.6 Å². The van der Waals surface area contributed by atoms with Gasteiger partial charge in [-0.1, -0.05) is 90.8 Å². The molecule has 4 aliphatic rings. The highest BCUT2D eigenvalue weighted by Gasteiger charge is 2.70. The van der Waals surface area contributed by atoms with Crippen molar-refractivity contribution in [1.29, 1.82) is 0 Å². The Bertz CT molecular complexity index is 2080. The van der Waals surface area contributed by atoms with Gasteiger partial charge in [-0.3, -0.25) is 24.1 Å². The number of phenols is 1. The summed E-state index contributed by atoms with van der Waals surface area (Å²) in [5.74, 6) is -4.33. The van der Waals surface area contributed by atoms with Gasteiger partial charge in [0.2, 0.25) is 23.6 Å². The van der Waals surface area contributed by atoms with E-state index in [0.717, 1.165) is 23.1 Å². The molecule has 4 amide bonds. The first kappa shape index (κ1) is 31.3. The number of rotatable bonds is 5. The van der Waals surface area contributed by atoms with E-state index in [-0.39, 0.29) is 35.8 Å². The van der Waals surface area contributed by atoms with Crippen molar-refractivity contribution in [2.45, 2.75) is 44.4 Å². The van der Waals surface area contributed by atoms with Crippen LogP contribution in [-0.2, 0) is 31.0 Å². The van der Waals surface area contributed by atoms with Crippen LogP contribution in [0.3, 0.4) is 0 Å². The molecule has 2 heterocycles. The van der Waals surface area contributed by atoms with Gasteiger partial charge in [0.25, 0.3) is 0 Å². The van der Waals surface area contributed by atoms with Crippen LogP contribution in [0.15, 0.2) is 109 Å². The number of anilines is 2. The first-order valence-electron chi connectivity index (χ1n) is 16.8. The average molecular weight is 671 g/mol. The molecule has 4 aromatic rings.